The van der Waals surface area contributed by atoms with Gasteiger partial charge in [0.1, 0.15) is 27.4 Å². The van der Waals surface area contributed by atoms with Gasteiger partial charge >= 0.3 is 12.2 Å². The number of pyridine rings is 3. The first kappa shape index (κ1) is 85.4. The Bertz CT molecular complexity index is 5750. The standard InChI is InChI=1S/C29H35N7O3.C24H27N7O.C17H21N5OS.C13H18N2O2.2ClH/c1-8-35-25(37)21-15-30-26(33-24(21)36(35)23-11-9-10-22(32-23)28(2,3)4)31-20-13-12-18-16-34(17-19(18)14-20)27(38)39-29(5,6)7;1-5-30-22(32)18-14-26-23(27-17-10-9-15-12-25-13-16(15)11-17)29-21(18)31(30)20-8-6-7-19(28-20)24(2,3)4;1-6-21-15(23)11-10-18-16(24-5)20-14(11)22(21)13-9-7-8-12(19-13)17(2,3)4;1-13(2,3)17-12(16)15-7-9-4-5-11(14)6-10(9)8-15;;/h9-15H,8,16-17H2,1-7H3,(H,30,31,33);6-11,14,25H,5,12-13H2,1-4H3,(H,26,27,29);7-10H,6H2,1-5H3;4-6H,7-8,14H2,1-3H3;2*1H. The molecule has 9 aromatic heterocycles. The maximum atomic E-state index is 13.2. The normalized spacial score (nSPS) is 13.1. The van der Waals surface area contributed by atoms with Crippen molar-refractivity contribution in [3.05, 3.63) is 209 Å². The van der Waals surface area contributed by atoms with E-state index in [0.717, 1.165) is 69.5 Å². The van der Waals surface area contributed by atoms with Gasteiger partial charge in [-0.15, -0.1) is 24.8 Å². The Kier molecular flexibility index (Phi) is 25.5. The predicted octanol–water partition coefficient (Wildman–Crippen LogP) is 15.3. The number of nitrogens with one attached hydrogen (secondary N) is 3. The van der Waals surface area contributed by atoms with Gasteiger partial charge < -0.3 is 31.2 Å². The summed E-state index contributed by atoms with van der Waals surface area (Å²) in [4.78, 5) is 108. The molecule has 3 aromatic carbocycles. The Morgan fingerprint density at radius 1 is 0.447 bits per heavy atom. The summed E-state index contributed by atoms with van der Waals surface area (Å²) in [5, 5.41) is 12.0. The molecular weight excluding hydrogens is 1510 g/mol. The molecule has 3 aliphatic heterocycles. The van der Waals surface area contributed by atoms with E-state index in [1.54, 1.807) is 56.5 Å². The highest BCUT2D eigenvalue weighted by atomic mass is 35.5. The van der Waals surface area contributed by atoms with Crippen LogP contribution >= 0.6 is 36.6 Å². The summed E-state index contributed by atoms with van der Waals surface area (Å²) in [5.74, 6) is 2.79. The molecule has 0 radical (unpaired) electrons. The number of rotatable bonds is 11. The number of ether oxygens (including phenoxy) is 2. The fourth-order valence-corrected chi connectivity index (χ4v) is 13.5. The summed E-state index contributed by atoms with van der Waals surface area (Å²) >= 11 is 1.45. The number of aromatic nitrogens is 15. The Morgan fingerprint density at radius 3 is 1.18 bits per heavy atom. The van der Waals surface area contributed by atoms with Crippen molar-refractivity contribution in [1.29, 1.82) is 0 Å². The van der Waals surface area contributed by atoms with Gasteiger partial charge in [0.2, 0.25) is 11.9 Å². The topological polar surface area (TPSA) is 318 Å². The van der Waals surface area contributed by atoms with Gasteiger partial charge in [0.25, 0.3) is 16.7 Å². The molecule has 2 amide bonds. The zero-order valence-electron chi connectivity index (χ0n) is 68.3. The maximum Gasteiger partial charge on any atom is 0.410 e. The lowest BCUT2D eigenvalue weighted by Crippen LogP contribution is -2.33. The lowest BCUT2D eigenvalue weighted by Gasteiger charge is -2.24. The summed E-state index contributed by atoms with van der Waals surface area (Å²) in [6.07, 6.45) is 6.07. The van der Waals surface area contributed by atoms with Crippen LogP contribution in [0, 0.1) is 0 Å². The van der Waals surface area contributed by atoms with E-state index in [2.05, 4.69) is 110 Å². The van der Waals surface area contributed by atoms with E-state index in [1.807, 2.05) is 166 Å². The van der Waals surface area contributed by atoms with Crippen LogP contribution in [0.15, 0.2) is 147 Å². The Balaban J connectivity index is 0.000000166. The van der Waals surface area contributed by atoms with Gasteiger partial charge in [-0.05, 0) is 175 Å². The third-order valence-corrected chi connectivity index (χ3v) is 19.3. The number of carbonyl (C=O) groups excluding carboxylic acids is 2. The fourth-order valence-electron chi connectivity index (χ4n) is 13.1. The molecule has 12 heterocycles. The number of carbonyl (C=O) groups is 2. The van der Waals surface area contributed by atoms with Crippen LogP contribution in [-0.2, 0) is 84.6 Å². The molecule has 5 N–H and O–H groups in total. The highest BCUT2D eigenvalue weighted by Gasteiger charge is 2.31. The number of hydrogen-bond donors (Lipinski definition) is 4. The van der Waals surface area contributed by atoms with Crippen LogP contribution in [0.3, 0.4) is 0 Å². The first-order valence-electron chi connectivity index (χ1n) is 37.7. The molecule has 31 heteroatoms. The number of benzene rings is 3. The molecule has 0 bridgehead atoms. The van der Waals surface area contributed by atoms with Crippen LogP contribution in [0.1, 0.15) is 175 Å². The summed E-state index contributed by atoms with van der Waals surface area (Å²) < 4.78 is 21.2. The third kappa shape index (κ3) is 18.9. The van der Waals surface area contributed by atoms with E-state index in [9.17, 15) is 24.0 Å². The second kappa shape index (κ2) is 34.0. The quantitative estimate of drug-likeness (QED) is 0.0531. The van der Waals surface area contributed by atoms with Gasteiger partial charge in [-0.25, -0.2) is 72.6 Å². The van der Waals surface area contributed by atoms with Crippen LogP contribution in [0.25, 0.3) is 50.6 Å². The minimum atomic E-state index is -0.546. The van der Waals surface area contributed by atoms with Crippen LogP contribution in [-0.4, -0.2) is 112 Å². The van der Waals surface area contributed by atoms with Crippen molar-refractivity contribution in [2.75, 3.05) is 22.6 Å². The second-order valence-electron chi connectivity index (χ2n) is 32.9. The van der Waals surface area contributed by atoms with Gasteiger partial charge in [-0.3, -0.25) is 24.2 Å². The number of nitrogen functional groups attached to an aromatic ring is 1. The average molecular weight is 1610 g/mol. The van der Waals surface area contributed by atoms with Crippen molar-refractivity contribution >= 4 is 111 Å². The van der Waals surface area contributed by atoms with Crippen LogP contribution in [0.2, 0.25) is 0 Å². The molecule has 15 rings (SSSR count). The third-order valence-electron chi connectivity index (χ3n) is 18.8. The second-order valence-corrected chi connectivity index (χ2v) is 33.6. The lowest BCUT2D eigenvalue weighted by molar-refractivity contribution is 0.0232. The average Bonchev–Trinajstić information content (AvgIpc) is 1.61. The van der Waals surface area contributed by atoms with E-state index in [1.165, 1.54) is 22.9 Å². The van der Waals surface area contributed by atoms with Crippen LogP contribution in [0.4, 0.5) is 38.5 Å². The van der Waals surface area contributed by atoms with E-state index in [-0.39, 0.29) is 69.9 Å². The highest BCUT2D eigenvalue weighted by molar-refractivity contribution is 7.98. The molecule has 0 aliphatic carbocycles. The Hall–Kier alpha value is -11.0. The largest absolute Gasteiger partial charge is 0.444 e. The SMILES string of the molecule is CC(C)(C)OC(=O)N1Cc2ccc(N)cc2C1.CCn1c(=O)c2cnc(Nc3ccc4c(c3)CN(C(=O)OC(C)(C)C)C4)nc2n1-c1cccc(C(C)(C)C)n1.CCn1c(=O)c2cnc(Nc3ccc4c(c3)CNC4)nc2n1-c1cccc(C(C)(C)C)n1.CCn1c(=O)c2cnc(SC)nc2n1-c1cccc(C(C)(C)C)n1.Cl.Cl. The minimum absolute atomic E-state index is 0. The van der Waals surface area contributed by atoms with Crippen molar-refractivity contribution < 1.29 is 19.1 Å². The van der Waals surface area contributed by atoms with E-state index in [0.29, 0.717) is 113 Å². The number of anilines is 5. The zero-order valence-corrected chi connectivity index (χ0v) is 70.7. The minimum Gasteiger partial charge on any atom is -0.444 e. The van der Waals surface area contributed by atoms with Crippen molar-refractivity contribution in [2.45, 2.75) is 216 Å². The van der Waals surface area contributed by atoms with Crippen LogP contribution < -0.4 is 38.4 Å². The number of hydrogen-bond acceptors (Lipinski definition) is 21. The molecule has 3 aliphatic rings. The zero-order chi connectivity index (χ0) is 80.7. The van der Waals surface area contributed by atoms with Gasteiger partial charge in [-0.1, -0.05) is 110 Å². The molecule has 0 unspecified atom stereocenters. The summed E-state index contributed by atoms with van der Waals surface area (Å²) in [6, 6.07) is 35.5. The summed E-state index contributed by atoms with van der Waals surface area (Å²) in [7, 11) is 0. The van der Waals surface area contributed by atoms with Crippen molar-refractivity contribution in [3.63, 3.8) is 0 Å². The Labute approximate surface area is 679 Å². The highest BCUT2D eigenvalue weighted by Crippen LogP contribution is 2.33. The van der Waals surface area contributed by atoms with E-state index in [4.69, 9.17) is 40.1 Å². The maximum absolute atomic E-state index is 13.2. The number of nitrogens with two attached hydrogens (primary N) is 1. The van der Waals surface area contributed by atoms with Gasteiger partial charge in [0.05, 0.1) is 0 Å². The number of halogens is 2. The molecular formula is C83H103Cl2N21O7S. The fraction of sp³-hybridized carbons (Fsp3) is 0.398. The first-order chi connectivity index (χ1) is 52.9. The smallest absolute Gasteiger partial charge is 0.410 e. The number of fused-ring (bicyclic) bond motifs is 6. The van der Waals surface area contributed by atoms with Gasteiger partial charge in [0.15, 0.2) is 39.6 Å². The number of thioether (sulfide) groups is 1. The van der Waals surface area contributed by atoms with Crippen molar-refractivity contribution in [2.24, 2.45) is 0 Å². The molecule has 12 aromatic rings. The number of amides is 2. The van der Waals surface area contributed by atoms with Crippen LogP contribution in [0.5, 0.6) is 0 Å². The molecule has 0 fully saturated rings. The van der Waals surface area contributed by atoms with Gasteiger partial charge in [0, 0.05) is 128 Å². The molecule has 0 atom stereocenters. The summed E-state index contributed by atoms with van der Waals surface area (Å²) in [6.45, 7) is 41.4. The Morgan fingerprint density at radius 2 is 0.798 bits per heavy atom. The number of nitrogens with zero attached hydrogens (tertiary/aromatic N) is 17. The van der Waals surface area contributed by atoms with Crippen molar-refractivity contribution in [3.8, 4) is 17.5 Å². The first-order valence-corrected chi connectivity index (χ1v) is 38.9. The van der Waals surface area contributed by atoms with Crippen molar-refractivity contribution in [1.82, 2.24) is 88.1 Å². The predicted molar refractivity (Wildman–Crippen MR) is 454 cm³/mol. The monoisotopic (exact) mass is 1610 g/mol. The molecule has 114 heavy (non-hydrogen) atoms. The molecule has 0 spiro atoms. The van der Waals surface area contributed by atoms with E-state index >= 15 is 0 Å². The van der Waals surface area contributed by atoms with Gasteiger partial charge in [-0.2, -0.15) is 9.97 Å². The summed E-state index contributed by atoms with van der Waals surface area (Å²) in [5.41, 5.74) is 17.8. The van der Waals surface area contributed by atoms with E-state index < -0.39 is 11.2 Å². The molecule has 0 saturated carbocycles. The molecule has 0 saturated heterocycles. The molecule has 602 valence electrons. The lowest BCUT2D eigenvalue weighted by atomic mass is 9.92. The molecule has 28 nitrogen and oxygen atoms in total.